The molecule has 0 aliphatic heterocycles. The number of methoxy groups -OCH3 is 1. The Hall–Kier alpha value is -2.77. The number of halogens is 1. The molecule has 0 bridgehead atoms. The van der Waals surface area contributed by atoms with Gasteiger partial charge in [-0.25, -0.2) is 9.37 Å². The van der Waals surface area contributed by atoms with Gasteiger partial charge in [0.1, 0.15) is 18.2 Å². The third-order valence-electron chi connectivity index (χ3n) is 3.55. The molecular weight excluding hydrogens is 325 g/mol. The summed E-state index contributed by atoms with van der Waals surface area (Å²) < 4.78 is 23.2. The molecule has 25 heavy (non-hydrogen) atoms. The molecule has 1 amide bonds. The van der Waals surface area contributed by atoms with E-state index >= 15 is 0 Å². The summed E-state index contributed by atoms with van der Waals surface area (Å²) in [5.74, 6) is 0.0953. The number of hydrogen-bond acceptors (Lipinski definition) is 4. The number of hydrogen-bond donors (Lipinski definition) is 2. The quantitative estimate of drug-likeness (QED) is 0.647. The standard InChI is InChI=1S/C18H18FN3O3/c1-24-8-9-25-11-17(23)20-14-5-2-12(3-6-14)18-21-15-7-4-13(19)10-16(15)22-18/h2-7,10H,8-9,11H2,1H3,(H,20,23)(H,21,22). The van der Waals surface area contributed by atoms with E-state index in [9.17, 15) is 9.18 Å². The van der Waals surface area contributed by atoms with E-state index in [0.29, 0.717) is 35.8 Å². The third kappa shape index (κ3) is 4.40. The van der Waals surface area contributed by atoms with Gasteiger partial charge in [0.15, 0.2) is 0 Å². The van der Waals surface area contributed by atoms with Crippen LogP contribution in [0, 0.1) is 5.82 Å². The molecule has 7 heteroatoms. The van der Waals surface area contributed by atoms with Crippen molar-refractivity contribution in [1.82, 2.24) is 9.97 Å². The minimum absolute atomic E-state index is 0.0275. The zero-order chi connectivity index (χ0) is 17.6. The summed E-state index contributed by atoms with van der Waals surface area (Å²) in [6.07, 6.45) is 0. The number of carbonyl (C=O) groups is 1. The van der Waals surface area contributed by atoms with Crippen molar-refractivity contribution in [3.8, 4) is 11.4 Å². The largest absolute Gasteiger partial charge is 0.382 e. The average molecular weight is 343 g/mol. The monoisotopic (exact) mass is 343 g/mol. The molecule has 0 saturated heterocycles. The molecule has 0 spiro atoms. The normalized spacial score (nSPS) is 11.0. The van der Waals surface area contributed by atoms with E-state index in [2.05, 4.69) is 15.3 Å². The molecule has 0 saturated carbocycles. The smallest absolute Gasteiger partial charge is 0.250 e. The lowest BCUT2D eigenvalue weighted by Gasteiger charge is -2.06. The number of imidazole rings is 1. The fraction of sp³-hybridized carbons (Fsp3) is 0.222. The lowest BCUT2D eigenvalue weighted by Crippen LogP contribution is -2.19. The zero-order valence-electron chi connectivity index (χ0n) is 13.7. The predicted octanol–water partition coefficient (Wildman–Crippen LogP) is 2.97. The molecule has 0 aliphatic carbocycles. The highest BCUT2D eigenvalue weighted by atomic mass is 19.1. The van der Waals surface area contributed by atoms with Gasteiger partial charge >= 0.3 is 0 Å². The Morgan fingerprint density at radius 1 is 1.20 bits per heavy atom. The molecule has 2 N–H and O–H groups in total. The molecule has 6 nitrogen and oxygen atoms in total. The lowest BCUT2D eigenvalue weighted by molar-refractivity contribution is -0.121. The molecule has 0 atom stereocenters. The van der Waals surface area contributed by atoms with Gasteiger partial charge in [0.2, 0.25) is 5.91 Å². The van der Waals surface area contributed by atoms with Crippen molar-refractivity contribution in [2.75, 3.05) is 32.2 Å². The van der Waals surface area contributed by atoms with Crippen LogP contribution in [0.25, 0.3) is 22.4 Å². The van der Waals surface area contributed by atoms with Crippen LogP contribution in [0.5, 0.6) is 0 Å². The molecular formula is C18H18FN3O3. The Balaban J connectivity index is 1.64. The predicted molar refractivity (Wildman–Crippen MR) is 92.8 cm³/mol. The van der Waals surface area contributed by atoms with Crippen molar-refractivity contribution in [3.63, 3.8) is 0 Å². The highest BCUT2D eigenvalue weighted by Crippen LogP contribution is 2.22. The number of carbonyl (C=O) groups excluding carboxylic acids is 1. The van der Waals surface area contributed by atoms with Crippen molar-refractivity contribution >= 4 is 22.6 Å². The number of aromatic amines is 1. The molecule has 1 aromatic heterocycles. The number of anilines is 1. The average Bonchev–Trinajstić information content (AvgIpc) is 3.02. The van der Waals surface area contributed by atoms with Crippen LogP contribution in [0.1, 0.15) is 0 Å². The van der Waals surface area contributed by atoms with Crippen LogP contribution in [0.2, 0.25) is 0 Å². The molecule has 3 rings (SSSR count). The van der Waals surface area contributed by atoms with E-state index in [4.69, 9.17) is 9.47 Å². The van der Waals surface area contributed by atoms with Crippen molar-refractivity contribution in [2.24, 2.45) is 0 Å². The molecule has 1 heterocycles. The van der Waals surface area contributed by atoms with Crippen LogP contribution >= 0.6 is 0 Å². The molecule has 3 aromatic rings. The summed E-state index contributed by atoms with van der Waals surface area (Å²) >= 11 is 0. The van der Waals surface area contributed by atoms with Gasteiger partial charge in [-0.2, -0.15) is 0 Å². The van der Waals surface area contributed by atoms with Crippen LogP contribution in [0.3, 0.4) is 0 Å². The van der Waals surface area contributed by atoms with E-state index in [-0.39, 0.29) is 18.3 Å². The molecule has 0 unspecified atom stereocenters. The van der Waals surface area contributed by atoms with Gasteiger partial charge in [-0.15, -0.1) is 0 Å². The summed E-state index contributed by atoms with van der Waals surface area (Å²) in [6.45, 7) is 0.791. The first-order valence-electron chi connectivity index (χ1n) is 7.78. The first-order chi connectivity index (χ1) is 12.2. The molecule has 0 aliphatic rings. The number of amides is 1. The van der Waals surface area contributed by atoms with Gasteiger partial charge in [-0.05, 0) is 42.5 Å². The Kier molecular flexibility index (Phi) is 5.37. The van der Waals surface area contributed by atoms with E-state index < -0.39 is 0 Å². The van der Waals surface area contributed by atoms with Gasteiger partial charge in [-0.3, -0.25) is 4.79 Å². The first kappa shape index (κ1) is 17.1. The fourth-order valence-corrected chi connectivity index (χ4v) is 2.33. The number of fused-ring (bicyclic) bond motifs is 1. The summed E-state index contributed by atoms with van der Waals surface area (Å²) in [5, 5.41) is 2.75. The van der Waals surface area contributed by atoms with Crippen LogP contribution in [0.4, 0.5) is 10.1 Å². The number of H-pyrrole nitrogens is 1. The second-order valence-electron chi connectivity index (χ2n) is 5.42. The number of nitrogens with one attached hydrogen (secondary N) is 2. The second-order valence-corrected chi connectivity index (χ2v) is 5.42. The second kappa shape index (κ2) is 7.87. The van der Waals surface area contributed by atoms with E-state index in [1.165, 1.54) is 12.1 Å². The molecule has 2 aromatic carbocycles. The van der Waals surface area contributed by atoms with Crippen LogP contribution in [-0.2, 0) is 14.3 Å². The highest BCUT2D eigenvalue weighted by Gasteiger charge is 2.07. The summed E-state index contributed by atoms with van der Waals surface area (Å²) in [4.78, 5) is 19.3. The van der Waals surface area contributed by atoms with Gasteiger partial charge in [0.25, 0.3) is 0 Å². The van der Waals surface area contributed by atoms with E-state index in [1.807, 2.05) is 12.1 Å². The molecule has 0 fully saturated rings. The van der Waals surface area contributed by atoms with E-state index in [1.54, 1.807) is 25.3 Å². The first-order valence-corrected chi connectivity index (χ1v) is 7.78. The van der Waals surface area contributed by atoms with Gasteiger partial charge in [0, 0.05) is 18.4 Å². The van der Waals surface area contributed by atoms with Crippen LogP contribution in [-0.4, -0.2) is 42.8 Å². The van der Waals surface area contributed by atoms with Crippen molar-refractivity contribution < 1.29 is 18.7 Å². The molecule has 130 valence electrons. The zero-order valence-corrected chi connectivity index (χ0v) is 13.7. The van der Waals surface area contributed by atoms with Gasteiger partial charge < -0.3 is 19.8 Å². The van der Waals surface area contributed by atoms with Crippen molar-refractivity contribution in [1.29, 1.82) is 0 Å². The van der Waals surface area contributed by atoms with Gasteiger partial charge in [-0.1, -0.05) is 0 Å². The van der Waals surface area contributed by atoms with Gasteiger partial charge in [0.05, 0.1) is 24.2 Å². The maximum absolute atomic E-state index is 13.2. The highest BCUT2D eigenvalue weighted by molar-refractivity contribution is 5.92. The number of nitrogens with zero attached hydrogens (tertiary/aromatic N) is 1. The SMILES string of the molecule is COCCOCC(=O)Nc1ccc(-c2nc3ccc(F)cc3[nH]2)cc1. The fourth-order valence-electron chi connectivity index (χ4n) is 2.33. The Morgan fingerprint density at radius 3 is 2.76 bits per heavy atom. The number of rotatable bonds is 7. The number of ether oxygens (including phenoxy) is 2. The lowest BCUT2D eigenvalue weighted by atomic mass is 10.2. The van der Waals surface area contributed by atoms with Crippen molar-refractivity contribution in [3.05, 3.63) is 48.3 Å². The Bertz CT molecular complexity index is 862. The maximum Gasteiger partial charge on any atom is 0.250 e. The Labute approximate surface area is 144 Å². The summed E-state index contributed by atoms with van der Waals surface area (Å²) in [6, 6.07) is 11.6. The molecule has 0 radical (unpaired) electrons. The number of benzene rings is 2. The van der Waals surface area contributed by atoms with Crippen LogP contribution in [0.15, 0.2) is 42.5 Å². The summed E-state index contributed by atoms with van der Waals surface area (Å²) in [7, 11) is 1.57. The minimum atomic E-state index is -0.312. The number of aromatic nitrogens is 2. The third-order valence-corrected chi connectivity index (χ3v) is 3.55. The summed E-state index contributed by atoms with van der Waals surface area (Å²) in [5.41, 5.74) is 2.83. The minimum Gasteiger partial charge on any atom is -0.382 e. The Morgan fingerprint density at radius 2 is 2.00 bits per heavy atom. The van der Waals surface area contributed by atoms with Crippen LogP contribution < -0.4 is 5.32 Å². The maximum atomic E-state index is 13.2. The van der Waals surface area contributed by atoms with Crippen molar-refractivity contribution in [2.45, 2.75) is 0 Å². The topological polar surface area (TPSA) is 76.2 Å². The van der Waals surface area contributed by atoms with E-state index in [0.717, 1.165) is 5.56 Å².